The standard InChI is InChI=1S/C11H10BrN3S/c12-6-9-7-15-10(13-14-11(15)16-9)8-4-2-1-3-5-8/h1-5,9H,6-7H2/t9-/m1/s1. The van der Waals surface area contributed by atoms with E-state index < -0.39 is 0 Å². The summed E-state index contributed by atoms with van der Waals surface area (Å²) in [6.07, 6.45) is 0. The summed E-state index contributed by atoms with van der Waals surface area (Å²) in [6.45, 7) is 0.989. The molecule has 0 saturated heterocycles. The van der Waals surface area contributed by atoms with Crippen LogP contribution in [0.3, 0.4) is 0 Å². The molecule has 1 aliphatic rings. The van der Waals surface area contributed by atoms with E-state index >= 15 is 0 Å². The van der Waals surface area contributed by atoms with Crippen molar-refractivity contribution in [3.05, 3.63) is 30.3 Å². The van der Waals surface area contributed by atoms with Crippen molar-refractivity contribution in [3.8, 4) is 11.4 Å². The second kappa shape index (κ2) is 4.22. The molecule has 5 heteroatoms. The van der Waals surface area contributed by atoms with Crippen molar-refractivity contribution in [2.24, 2.45) is 0 Å². The topological polar surface area (TPSA) is 30.7 Å². The van der Waals surface area contributed by atoms with E-state index in [9.17, 15) is 0 Å². The van der Waals surface area contributed by atoms with Crippen molar-refractivity contribution in [1.29, 1.82) is 0 Å². The van der Waals surface area contributed by atoms with Gasteiger partial charge in [-0.15, -0.1) is 10.2 Å². The minimum absolute atomic E-state index is 0.577. The number of thioether (sulfide) groups is 1. The van der Waals surface area contributed by atoms with Crippen LogP contribution < -0.4 is 0 Å². The Kier molecular flexibility index (Phi) is 2.73. The molecule has 2 heterocycles. The number of benzene rings is 1. The first-order valence-electron chi connectivity index (χ1n) is 5.09. The molecule has 0 radical (unpaired) electrons. The second-order valence-electron chi connectivity index (χ2n) is 3.68. The summed E-state index contributed by atoms with van der Waals surface area (Å²) in [5.41, 5.74) is 1.14. The van der Waals surface area contributed by atoms with Crippen molar-refractivity contribution >= 4 is 27.7 Å². The number of hydrogen-bond acceptors (Lipinski definition) is 3. The Labute approximate surface area is 106 Å². The van der Waals surface area contributed by atoms with Gasteiger partial charge in [0.05, 0.1) is 0 Å². The fourth-order valence-electron chi connectivity index (χ4n) is 1.81. The van der Waals surface area contributed by atoms with Crippen LogP contribution in [0.4, 0.5) is 0 Å². The van der Waals surface area contributed by atoms with E-state index in [4.69, 9.17) is 0 Å². The van der Waals surface area contributed by atoms with Gasteiger partial charge in [0.2, 0.25) is 0 Å². The third kappa shape index (κ3) is 1.68. The summed E-state index contributed by atoms with van der Waals surface area (Å²) in [5, 5.41) is 11.1. The van der Waals surface area contributed by atoms with Gasteiger partial charge in [-0.25, -0.2) is 0 Å². The van der Waals surface area contributed by atoms with E-state index in [1.54, 1.807) is 11.8 Å². The number of hydrogen-bond donors (Lipinski definition) is 0. The maximum atomic E-state index is 4.25. The maximum Gasteiger partial charge on any atom is 0.191 e. The number of rotatable bonds is 2. The number of alkyl halides is 1. The van der Waals surface area contributed by atoms with Crippen LogP contribution in [0.15, 0.2) is 35.5 Å². The van der Waals surface area contributed by atoms with Gasteiger partial charge in [-0.3, -0.25) is 0 Å². The van der Waals surface area contributed by atoms with Crippen LogP contribution in [-0.4, -0.2) is 25.3 Å². The lowest BCUT2D eigenvalue weighted by atomic mass is 10.2. The summed E-state index contributed by atoms with van der Waals surface area (Å²) in [4.78, 5) is 0. The quantitative estimate of drug-likeness (QED) is 0.798. The van der Waals surface area contributed by atoms with Crippen LogP contribution in [-0.2, 0) is 6.54 Å². The molecule has 1 aromatic heterocycles. The van der Waals surface area contributed by atoms with Gasteiger partial charge in [0.1, 0.15) is 0 Å². The molecular formula is C11H10BrN3S. The highest BCUT2D eigenvalue weighted by atomic mass is 79.9. The van der Waals surface area contributed by atoms with Crippen molar-refractivity contribution in [2.45, 2.75) is 17.0 Å². The maximum absolute atomic E-state index is 4.25. The number of nitrogens with zero attached hydrogens (tertiary/aromatic N) is 3. The molecule has 3 nitrogen and oxygen atoms in total. The van der Waals surface area contributed by atoms with Crippen molar-refractivity contribution in [1.82, 2.24) is 14.8 Å². The van der Waals surface area contributed by atoms with Gasteiger partial charge >= 0.3 is 0 Å². The molecule has 2 aromatic rings. The molecule has 0 spiro atoms. The monoisotopic (exact) mass is 295 g/mol. The number of halogens is 1. The Bertz CT molecular complexity index is 497. The lowest BCUT2D eigenvalue weighted by Crippen LogP contribution is -2.07. The number of fused-ring (bicyclic) bond motifs is 1. The Hall–Kier alpha value is -0.810. The van der Waals surface area contributed by atoms with Gasteiger partial charge in [-0.05, 0) is 0 Å². The molecule has 0 aliphatic carbocycles. The molecule has 0 N–H and O–H groups in total. The summed E-state index contributed by atoms with van der Waals surface area (Å²) in [5.74, 6) is 0.978. The molecule has 82 valence electrons. The summed E-state index contributed by atoms with van der Waals surface area (Å²) in [7, 11) is 0. The van der Waals surface area contributed by atoms with Gasteiger partial charge in [0, 0.05) is 22.7 Å². The normalized spacial score (nSPS) is 18.7. The van der Waals surface area contributed by atoms with Crippen molar-refractivity contribution in [3.63, 3.8) is 0 Å². The van der Waals surface area contributed by atoms with Gasteiger partial charge in [0.15, 0.2) is 11.0 Å². The minimum atomic E-state index is 0.577. The Morgan fingerprint density at radius 3 is 2.88 bits per heavy atom. The van der Waals surface area contributed by atoms with E-state index in [2.05, 4.69) is 42.8 Å². The van der Waals surface area contributed by atoms with E-state index in [1.807, 2.05) is 18.2 Å². The highest BCUT2D eigenvalue weighted by molar-refractivity contribution is 9.09. The number of aromatic nitrogens is 3. The van der Waals surface area contributed by atoms with E-state index in [0.29, 0.717) is 5.25 Å². The molecule has 0 fully saturated rings. The van der Waals surface area contributed by atoms with Crippen LogP contribution in [0.1, 0.15) is 0 Å². The predicted molar refractivity (Wildman–Crippen MR) is 68.9 cm³/mol. The average molecular weight is 296 g/mol. The van der Waals surface area contributed by atoms with Crippen LogP contribution in [0, 0.1) is 0 Å². The molecule has 0 unspecified atom stereocenters. The summed E-state index contributed by atoms with van der Waals surface area (Å²) >= 11 is 5.31. The molecule has 0 saturated carbocycles. The highest BCUT2D eigenvalue weighted by Crippen LogP contribution is 2.34. The first-order valence-corrected chi connectivity index (χ1v) is 7.10. The van der Waals surface area contributed by atoms with E-state index in [0.717, 1.165) is 28.4 Å². The molecule has 0 amide bonds. The molecule has 16 heavy (non-hydrogen) atoms. The van der Waals surface area contributed by atoms with Gasteiger partial charge in [-0.1, -0.05) is 58.0 Å². The van der Waals surface area contributed by atoms with Crippen LogP contribution in [0.2, 0.25) is 0 Å². The highest BCUT2D eigenvalue weighted by Gasteiger charge is 2.26. The minimum Gasteiger partial charge on any atom is -0.301 e. The van der Waals surface area contributed by atoms with Gasteiger partial charge in [0.25, 0.3) is 0 Å². The smallest absolute Gasteiger partial charge is 0.191 e. The third-order valence-electron chi connectivity index (χ3n) is 2.58. The van der Waals surface area contributed by atoms with Gasteiger partial charge < -0.3 is 4.57 Å². The fraction of sp³-hybridized carbons (Fsp3) is 0.273. The van der Waals surface area contributed by atoms with Gasteiger partial charge in [-0.2, -0.15) is 0 Å². The van der Waals surface area contributed by atoms with Crippen molar-refractivity contribution in [2.75, 3.05) is 5.33 Å². The molecule has 3 rings (SSSR count). The zero-order chi connectivity index (χ0) is 11.0. The Morgan fingerprint density at radius 2 is 2.12 bits per heavy atom. The molecular weight excluding hydrogens is 286 g/mol. The summed E-state index contributed by atoms with van der Waals surface area (Å²) < 4.78 is 2.20. The van der Waals surface area contributed by atoms with E-state index in [-0.39, 0.29) is 0 Å². The molecule has 1 aromatic carbocycles. The largest absolute Gasteiger partial charge is 0.301 e. The van der Waals surface area contributed by atoms with Crippen LogP contribution in [0.5, 0.6) is 0 Å². The second-order valence-corrected chi connectivity index (χ2v) is 5.59. The summed E-state index contributed by atoms with van der Waals surface area (Å²) in [6, 6.07) is 10.2. The third-order valence-corrected chi connectivity index (χ3v) is 4.95. The molecule has 1 aliphatic heterocycles. The zero-order valence-corrected chi connectivity index (χ0v) is 10.9. The predicted octanol–water partition coefficient (Wildman–Crippen LogP) is 2.81. The SMILES string of the molecule is BrC[C@@H]1Cn2c(nnc2-c2ccccc2)S1. The average Bonchev–Trinajstić information content (AvgIpc) is 2.88. The lowest BCUT2D eigenvalue weighted by Gasteiger charge is -2.04. The fourth-order valence-corrected chi connectivity index (χ4v) is 3.37. The Morgan fingerprint density at radius 1 is 1.31 bits per heavy atom. The van der Waals surface area contributed by atoms with Crippen molar-refractivity contribution < 1.29 is 0 Å². The zero-order valence-electron chi connectivity index (χ0n) is 8.51. The van der Waals surface area contributed by atoms with Crippen LogP contribution >= 0.6 is 27.7 Å². The van der Waals surface area contributed by atoms with E-state index in [1.165, 1.54) is 0 Å². The molecule has 0 bridgehead atoms. The Balaban J connectivity index is 2.00. The first-order chi connectivity index (χ1) is 7.88. The lowest BCUT2D eigenvalue weighted by molar-refractivity contribution is 0.679. The van der Waals surface area contributed by atoms with Crippen LogP contribution in [0.25, 0.3) is 11.4 Å². The molecule has 1 atom stereocenters. The first kappa shape index (κ1) is 10.4.